The van der Waals surface area contributed by atoms with Crippen LogP contribution in [0.2, 0.25) is 5.02 Å². The summed E-state index contributed by atoms with van der Waals surface area (Å²) in [6, 6.07) is 3.04. The Bertz CT molecular complexity index is 383. The number of rotatable bonds is 5. The van der Waals surface area contributed by atoms with Crippen LogP contribution in [-0.2, 0) is 9.53 Å². The lowest BCUT2D eigenvalue weighted by molar-refractivity contribution is -0.141. The molecule has 94 valence electrons. The molecule has 0 amide bonds. The molecular weight excluding hydrogens is 240 g/mol. The molecule has 0 spiro atoms. The van der Waals surface area contributed by atoms with Crippen LogP contribution in [0, 0.1) is 5.92 Å². The Hall–Kier alpha value is -1.29. The molecule has 0 bridgehead atoms. The van der Waals surface area contributed by atoms with Crippen LogP contribution in [0.15, 0.2) is 18.3 Å². The summed E-state index contributed by atoms with van der Waals surface area (Å²) >= 11 is 5.98. The zero-order valence-electron chi connectivity index (χ0n) is 10.2. The zero-order chi connectivity index (χ0) is 12.8. The third-order valence-electron chi connectivity index (χ3n) is 2.26. The second-order valence-corrected chi connectivity index (χ2v) is 4.59. The molecule has 0 aliphatic heterocycles. The Labute approximate surface area is 106 Å². The molecule has 0 aliphatic rings. The maximum atomic E-state index is 11.6. The van der Waals surface area contributed by atoms with Gasteiger partial charge in [0.15, 0.2) is 0 Å². The highest BCUT2D eigenvalue weighted by atomic mass is 35.5. The first kappa shape index (κ1) is 13.8. The van der Waals surface area contributed by atoms with Crippen LogP contribution in [0.5, 0.6) is 0 Å². The molecule has 1 heterocycles. The number of aromatic nitrogens is 1. The summed E-state index contributed by atoms with van der Waals surface area (Å²) in [6.07, 6.45) is 2.29. The van der Waals surface area contributed by atoms with E-state index in [1.807, 2.05) is 13.8 Å². The minimum atomic E-state index is -0.424. The van der Waals surface area contributed by atoms with Crippen LogP contribution in [0.25, 0.3) is 0 Å². The molecule has 0 fully saturated rings. The quantitative estimate of drug-likeness (QED) is 0.823. The van der Waals surface area contributed by atoms with Crippen LogP contribution >= 0.6 is 11.6 Å². The number of halogens is 1. The van der Waals surface area contributed by atoms with Crippen molar-refractivity contribution < 1.29 is 9.53 Å². The molecule has 17 heavy (non-hydrogen) atoms. The van der Waals surface area contributed by atoms with Gasteiger partial charge in [-0.3, -0.25) is 0 Å². The minimum absolute atomic E-state index is 0.305. The number of carbonyl (C=O) groups is 1. The van der Waals surface area contributed by atoms with E-state index >= 15 is 0 Å². The molecule has 0 radical (unpaired) electrons. The third-order valence-corrected chi connectivity index (χ3v) is 2.57. The number of hydrogen-bond acceptors (Lipinski definition) is 4. The highest BCUT2D eigenvalue weighted by molar-refractivity contribution is 6.32. The average molecular weight is 257 g/mol. The van der Waals surface area contributed by atoms with Crippen molar-refractivity contribution in [3.8, 4) is 0 Å². The van der Waals surface area contributed by atoms with Crippen molar-refractivity contribution in [3.63, 3.8) is 0 Å². The van der Waals surface area contributed by atoms with Crippen LogP contribution in [0.4, 0.5) is 5.82 Å². The SMILES string of the molecule is COC(=O)C(CC(C)C)Nc1ncccc1Cl. The Morgan fingerprint density at radius 3 is 2.82 bits per heavy atom. The third kappa shape index (κ3) is 4.23. The van der Waals surface area contributed by atoms with Gasteiger partial charge in [0.05, 0.1) is 12.1 Å². The van der Waals surface area contributed by atoms with Gasteiger partial charge in [-0.05, 0) is 24.5 Å². The summed E-state index contributed by atoms with van der Waals surface area (Å²) in [4.78, 5) is 15.7. The first-order valence-electron chi connectivity index (χ1n) is 5.49. The number of hydrogen-bond donors (Lipinski definition) is 1. The molecular formula is C12H17ClN2O2. The lowest BCUT2D eigenvalue weighted by Crippen LogP contribution is -2.32. The minimum Gasteiger partial charge on any atom is -0.467 e. The normalized spacial score (nSPS) is 12.3. The number of nitrogens with one attached hydrogen (secondary N) is 1. The highest BCUT2D eigenvalue weighted by Crippen LogP contribution is 2.20. The van der Waals surface area contributed by atoms with E-state index in [4.69, 9.17) is 16.3 Å². The first-order valence-corrected chi connectivity index (χ1v) is 5.87. The standard InChI is InChI=1S/C12H17ClN2O2/c1-8(2)7-10(12(16)17-3)15-11-9(13)5-4-6-14-11/h4-6,8,10H,7H2,1-3H3,(H,14,15). The molecule has 0 aromatic carbocycles. The number of ether oxygens (including phenoxy) is 1. The fourth-order valence-corrected chi connectivity index (χ4v) is 1.66. The summed E-state index contributed by atoms with van der Waals surface area (Å²) < 4.78 is 4.75. The summed E-state index contributed by atoms with van der Waals surface area (Å²) in [5.41, 5.74) is 0. The number of esters is 1. The Balaban J connectivity index is 2.79. The topological polar surface area (TPSA) is 51.2 Å². The van der Waals surface area contributed by atoms with Crippen molar-refractivity contribution in [1.82, 2.24) is 4.98 Å². The average Bonchev–Trinajstić information content (AvgIpc) is 2.29. The van der Waals surface area contributed by atoms with Crippen molar-refractivity contribution in [2.45, 2.75) is 26.3 Å². The predicted molar refractivity (Wildman–Crippen MR) is 68.1 cm³/mol. The second kappa shape index (κ2) is 6.45. The van der Waals surface area contributed by atoms with E-state index in [0.29, 0.717) is 23.2 Å². The summed E-state index contributed by atoms with van der Waals surface area (Å²) in [7, 11) is 1.37. The molecule has 0 saturated heterocycles. The highest BCUT2D eigenvalue weighted by Gasteiger charge is 2.21. The Morgan fingerprint density at radius 1 is 1.59 bits per heavy atom. The summed E-state index contributed by atoms with van der Waals surface area (Å²) in [5.74, 6) is 0.569. The number of carbonyl (C=O) groups excluding carboxylic acids is 1. The van der Waals surface area contributed by atoms with Crippen molar-refractivity contribution in [2.24, 2.45) is 5.92 Å². The number of anilines is 1. The lowest BCUT2D eigenvalue weighted by Gasteiger charge is -2.19. The van der Waals surface area contributed by atoms with Gasteiger partial charge in [-0.15, -0.1) is 0 Å². The summed E-state index contributed by atoms with van der Waals surface area (Å²) in [6.45, 7) is 4.08. The van der Waals surface area contributed by atoms with E-state index in [2.05, 4.69) is 10.3 Å². The monoisotopic (exact) mass is 256 g/mol. The smallest absolute Gasteiger partial charge is 0.328 e. The first-order chi connectivity index (χ1) is 8.04. The van der Waals surface area contributed by atoms with Crippen LogP contribution < -0.4 is 5.32 Å². The Kier molecular flexibility index (Phi) is 5.22. The van der Waals surface area contributed by atoms with Gasteiger partial charge in [0.1, 0.15) is 11.9 Å². The number of methoxy groups -OCH3 is 1. The van der Waals surface area contributed by atoms with Gasteiger partial charge in [0, 0.05) is 6.20 Å². The zero-order valence-corrected chi connectivity index (χ0v) is 11.0. The fourth-order valence-electron chi connectivity index (χ4n) is 1.48. The molecule has 1 aromatic heterocycles. The lowest BCUT2D eigenvalue weighted by atomic mass is 10.0. The van der Waals surface area contributed by atoms with Gasteiger partial charge >= 0.3 is 5.97 Å². The molecule has 1 N–H and O–H groups in total. The summed E-state index contributed by atoms with van der Waals surface area (Å²) in [5, 5.41) is 3.50. The molecule has 1 rings (SSSR count). The molecule has 1 aromatic rings. The number of nitrogens with zero attached hydrogens (tertiary/aromatic N) is 1. The van der Waals surface area contributed by atoms with Crippen molar-refractivity contribution in [2.75, 3.05) is 12.4 Å². The molecule has 0 aliphatic carbocycles. The molecule has 4 nitrogen and oxygen atoms in total. The molecule has 0 saturated carbocycles. The van der Waals surface area contributed by atoms with Crippen molar-refractivity contribution >= 4 is 23.4 Å². The van der Waals surface area contributed by atoms with E-state index in [1.165, 1.54) is 7.11 Å². The van der Waals surface area contributed by atoms with Gasteiger partial charge in [-0.2, -0.15) is 0 Å². The van der Waals surface area contributed by atoms with Gasteiger partial charge in [-0.1, -0.05) is 25.4 Å². The maximum Gasteiger partial charge on any atom is 0.328 e. The van der Waals surface area contributed by atoms with Gasteiger partial charge < -0.3 is 10.1 Å². The van der Waals surface area contributed by atoms with E-state index < -0.39 is 6.04 Å². The Morgan fingerprint density at radius 2 is 2.29 bits per heavy atom. The largest absolute Gasteiger partial charge is 0.467 e. The van der Waals surface area contributed by atoms with Crippen molar-refractivity contribution in [3.05, 3.63) is 23.4 Å². The van der Waals surface area contributed by atoms with Crippen molar-refractivity contribution in [1.29, 1.82) is 0 Å². The van der Waals surface area contributed by atoms with Crippen LogP contribution in [-0.4, -0.2) is 24.1 Å². The van der Waals surface area contributed by atoms with Gasteiger partial charge in [0.25, 0.3) is 0 Å². The molecule has 5 heteroatoms. The van der Waals surface area contributed by atoms with Gasteiger partial charge in [-0.25, -0.2) is 9.78 Å². The number of pyridine rings is 1. The second-order valence-electron chi connectivity index (χ2n) is 4.18. The van der Waals surface area contributed by atoms with E-state index in [-0.39, 0.29) is 5.97 Å². The van der Waals surface area contributed by atoms with E-state index in [9.17, 15) is 4.79 Å². The van der Waals surface area contributed by atoms with Crippen LogP contribution in [0.1, 0.15) is 20.3 Å². The van der Waals surface area contributed by atoms with Crippen LogP contribution in [0.3, 0.4) is 0 Å². The fraction of sp³-hybridized carbons (Fsp3) is 0.500. The van der Waals surface area contributed by atoms with E-state index in [0.717, 1.165) is 0 Å². The van der Waals surface area contributed by atoms with E-state index in [1.54, 1.807) is 18.3 Å². The molecule has 1 unspecified atom stereocenters. The maximum absolute atomic E-state index is 11.6. The predicted octanol–water partition coefficient (Wildman–Crippen LogP) is 2.73. The molecule has 1 atom stereocenters. The van der Waals surface area contributed by atoms with Gasteiger partial charge in [0.2, 0.25) is 0 Å².